The van der Waals surface area contributed by atoms with Crippen LogP contribution in [0.25, 0.3) is 0 Å². The van der Waals surface area contributed by atoms with Crippen molar-refractivity contribution < 1.29 is 14.7 Å². The molecule has 2 amide bonds. The molecule has 124 valence electrons. The van der Waals surface area contributed by atoms with Crippen LogP contribution >= 0.6 is 11.6 Å². The summed E-state index contributed by atoms with van der Waals surface area (Å²) in [7, 11) is 0. The fraction of sp³-hybridized carbons (Fsp3) is 0.222. The molecular formula is C18H17ClN2O3. The highest BCUT2D eigenvalue weighted by atomic mass is 35.5. The van der Waals surface area contributed by atoms with Gasteiger partial charge in [-0.15, -0.1) is 0 Å². The first-order chi connectivity index (χ1) is 11.5. The van der Waals surface area contributed by atoms with E-state index in [0.717, 1.165) is 5.56 Å². The highest BCUT2D eigenvalue weighted by Crippen LogP contribution is 2.24. The third-order valence-electron chi connectivity index (χ3n) is 4.04. The molecule has 6 heteroatoms. The minimum atomic E-state index is -0.395. The van der Waals surface area contributed by atoms with Gasteiger partial charge in [0.1, 0.15) is 5.75 Å². The lowest BCUT2D eigenvalue weighted by Gasteiger charge is -2.17. The van der Waals surface area contributed by atoms with Crippen molar-refractivity contribution in [2.75, 3.05) is 11.9 Å². The molecule has 0 radical (unpaired) electrons. The lowest BCUT2D eigenvalue weighted by Crippen LogP contribution is -2.28. The number of likely N-dealkylation sites (tertiary alicyclic amines) is 1. The zero-order valence-corrected chi connectivity index (χ0v) is 13.7. The van der Waals surface area contributed by atoms with E-state index in [4.69, 9.17) is 11.6 Å². The molecule has 1 atom stereocenters. The third kappa shape index (κ3) is 3.68. The number of halogens is 1. The number of hydrogen-bond donors (Lipinski definition) is 2. The van der Waals surface area contributed by atoms with Gasteiger partial charge in [-0.25, -0.2) is 0 Å². The van der Waals surface area contributed by atoms with Crippen LogP contribution in [0.2, 0.25) is 5.02 Å². The molecule has 2 aromatic rings. The van der Waals surface area contributed by atoms with Crippen LogP contribution in [-0.4, -0.2) is 28.4 Å². The van der Waals surface area contributed by atoms with Crippen molar-refractivity contribution in [2.24, 2.45) is 5.92 Å². The van der Waals surface area contributed by atoms with E-state index in [9.17, 15) is 14.7 Å². The lowest BCUT2D eigenvalue weighted by atomic mass is 10.1. The van der Waals surface area contributed by atoms with E-state index >= 15 is 0 Å². The molecule has 2 N–H and O–H groups in total. The molecule has 0 aromatic heterocycles. The lowest BCUT2D eigenvalue weighted by molar-refractivity contribution is -0.128. The topological polar surface area (TPSA) is 69.6 Å². The molecule has 5 nitrogen and oxygen atoms in total. The number of aromatic hydroxyl groups is 1. The Bertz CT molecular complexity index is 761. The van der Waals surface area contributed by atoms with E-state index in [1.807, 2.05) is 18.2 Å². The predicted octanol–water partition coefficient (Wildman–Crippen LogP) is 3.03. The second kappa shape index (κ2) is 6.93. The fourth-order valence-corrected chi connectivity index (χ4v) is 2.92. The standard InChI is InChI=1S/C18H17ClN2O3/c19-16-4-2-1-3-12(16)10-21-11-13(9-17(21)23)18(24)20-14-5-7-15(22)8-6-14/h1-8,13,22H,9-11H2,(H,20,24). The summed E-state index contributed by atoms with van der Waals surface area (Å²) in [5.74, 6) is -0.514. The first kappa shape index (κ1) is 16.3. The van der Waals surface area contributed by atoms with Crippen LogP contribution in [0.1, 0.15) is 12.0 Å². The van der Waals surface area contributed by atoms with E-state index in [-0.39, 0.29) is 24.0 Å². The van der Waals surface area contributed by atoms with Gasteiger partial charge < -0.3 is 15.3 Å². The van der Waals surface area contributed by atoms with Crippen molar-refractivity contribution in [2.45, 2.75) is 13.0 Å². The predicted molar refractivity (Wildman–Crippen MR) is 91.7 cm³/mol. The highest BCUT2D eigenvalue weighted by molar-refractivity contribution is 6.31. The summed E-state index contributed by atoms with van der Waals surface area (Å²) in [5, 5.41) is 12.6. The van der Waals surface area contributed by atoms with Gasteiger partial charge >= 0.3 is 0 Å². The average Bonchev–Trinajstić information content (AvgIpc) is 2.93. The van der Waals surface area contributed by atoms with Gasteiger partial charge in [0.15, 0.2) is 0 Å². The summed E-state index contributed by atoms with van der Waals surface area (Å²) in [6, 6.07) is 13.6. The Morgan fingerprint density at radius 1 is 1.21 bits per heavy atom. The zero-order valence-electron chi connectivity index (χ0n) is 12.9. The summed E-state index contributed by atoms with van der Waals surface area (Å²) in [4.78, 5) is 26.2. The minimum Gasteiger partial charge on any atom is -0.508 e. The van der Waals surface area contributed by atoms with E-state index < -0.39 is 5.92 Å². The van der Waals surface area contributed by atoms with Crippen LogP contribution in [0.15, 0.2) is 48.5 Å². The molecule has 0 spiro atoms. The van der Waals surface area contributed by atoms with Gasteiger partial charge in [0.2, 0.25) is 11.8 Å². The molecule has 1 aliphatic heterocycles. The van der Waals surface area contributed by atoms with Gasteiger partial charge in [0.05, 0.1) is 5.92 Å². The van der Waals surface area contributed by atoms with Gasteiger partial charge in [-0.05, 0) is 35.9 Å². The number of phenols is 1. The third-order valence-corrected chi connectivity index (χ3v) is 4.41. The van der Waals surface area contributed by atoms with Gasteiger partial charge in [0, 0.05) is 30.2 Å². The number of amides is 2. The minimum absolute atomic E-state index is 0.0548. The second-order valence-corrected chi connectivity index (χ2v) is 6.21. The molecule has 2 aromatic carbocycles. The van der Waals surface area contributed by atoms with Crippen LogP contribution in [0.4, 0.5) is 5.69 Å². The number of carbonyl (C=O) groups is 2. The molecule has 0 saturated carbocycles. The van der Waals surface area contributed by atoms with E-state index in [1.54, 1.807) is 23.1 Å². The van der Waals surface area contributed by atoms with Crippen molar-refractivity contribution in [3.05, 3.63) is 59.1 Å². The van der Waals surface area contributed by atoms with Gasteiger partial charge in [-0.1, -0.05) is 29.8 Å². The number of anilines is 1. The van der Waals surface area contributed by atoms with E-state index in [2.05, 4.69) is 5.32 Å². The summed E-state index contributed by atoms with van der Waals surface area (Å²) in [6.45, 7) is 0.773. The van der Waals surface area contributed by atoms with Gasteiger partial charge in [-0.2, -0.15) is 0 Å². The van der Waals surface area contributed by atoms with Crippen LogP contribution in [0.5, 0.6) is 5.75 Å². The van der Waals surface area contributed by atoms with Crippen molar-refractivity contribution in [3.63, 3.8) is 0 Å². The van der Waals surface area contributed by atoms with E-state index in [1.165, 1.54) is 12.1 Å². The quantitative estimate of drug-likeness (QED) is 0.838. The number of benzene rings is 2. The maximum atomic E-state index is 12.3. The first-order valence-corrected chi connectivity index (χ1v) is 8.02. The highest BCUT2D eigenvalue weighted by Gasteiger charge is 2.34. The molecule has 3 rings (SSSR count). The molecular weight excluding hydrogens is 328 g/mol. The molecule has 0 bridgehead atoms. The van der Waals surface area contributed by atoms with Gasteiger partial charge in [-0.3, -0.25) is 9.59 Å². The zero-order chi connectivity index (χ0) is 17.1. The maximum Gasteiger partial charge on any atom is 0.229 e. The number of hydrogen-bond acceptors (Lipinski definition) is 3. The SMILES string of the molecule is O=C(Nc1ccc(O)cc1)C1CC(=O)N(Cc2ccccc2Cl)C1. The Morgan fingerprint density at radius 3 is 2.62 bits per heavy atom. The van der Waals surface area contributed by atoms with Crippen molar-refractivity contribution in [1.29, 1.82) is 0 Å². The summed E-state index contributed by atoms with van der Waals surface area (Å²) in [6.07, 6.45) is 0.189. The van der Waals surface area contributed by atoms with Crippen LogP contribution in [-0.2, 0) is 16.1 Å². The molecule has 1 fully saturated rings. The molecule has 24 heavy (non-hydrogen) atoms. The number of phenolic OH excluding ortho intramolecular Hbond substituents is 1. The fourth-order valence-electron chi connectivity index (χ4n) is 2.72. The summed E-state index contributed by atoms with van der Waals surface area (Å²) in [5.41, 5.74) is 1.46. The average molecular weight is 345 g/mol. The number of nitrogens with zero attached hydrogens (tertiary/aromatic N) is 1. The number of rotatable bonds is 4. The normalized spacial score (nSPS) is 17.1. The largest absolute Gasteiger partial charge is 0.508 e. The molecule has 1 saturated heterocycles. The van der Waals surface area contributed by atoms with Crippen molar-refractivity contribution >= 4 is 29.1 Å². The van der Waals surface area contributed by atoms with Gasteiger partial charge in [0.25, 0.3) is 0 Å². The number of nitrogens with one attached hydrogen (secondary N) is 1. The summed E-state index contributed by atoms with van der Waals surface area (Å²) < 4.78 is 0. The Morgan fingerprint density at radius 2 is 1.92 bits per heavy atom. The Kier molecular flexibility index (Phi) is 4.71. The van der Waals surface area contributed by atoms with Crippen molar-refractivity contribution in [1.82, 2.24) is 4.90 Å². The molecule has 1 heterocycles. The first-order valence-electron chi connectivity index (χ1n) is 7.64. The smallest absolute Gasteiger partial charge is 0.229 e. The Labute approximate surface area is 144 Å². The summed E-state index contributed by atoms with van der Waals surface area (Å²) >= 11 is 6.13. The van der Waals surface area contributed by atoms with Crippen molar-refractivity contribution in [3.8, 4) is 5.75 Å². The maximum absolute atomic E-state index is 12.3. The van der Waals surface area contributed by atoms with Crippen LogP contribution in [0.3, 0.4) is 0 Å². The van der Waals surface area contributed by atoms with Crippen LogP contribution in [0, 0.1) is 5.92 Å². The van der Waals surface area contributed by atoms with E-state index in [0.29, 0.717) is 23.8 Å². The monoisotopic (exact) mass is 344 g/mol. The molecule has 1 aliphatic rings. The molecule has 0 aliphatic carbocycles. The number of carbonyl (C=O) groups excluding carboxylic acids is 2. The molecule has 1 unspecified atom stereocenters. The second-order valence-electron chi connectivity index (χ2n) is 5.80. The Balaban J connectivity index is 1.62. The Hall–Kier alpha value is -2.53. The van der Waals surface area contributed by atoms with Crippen LogP contribution < -0.4 is 5.32 Å².